The molecule has 2 aromatic carbocycles. The molecule has 0 saturated carbocycles. The molecular weight excluding hydrogens is 313 g/mol. The maximum absolute atomic E-state index is 13.2. The van der Waals surface area contributed by atoms with Gasteiger partial charge in [0, 0.05) is 6.04 Å². The maximum Gasteiger partial charge on any atom is 0.243 e. The van der Waals surface area contributed by atoms with Gasteiger partial charge in [-0.25, -0.2) is 12.8 Å². The molecule has 122 valence electrons. The highest BCUT2D eigenvalue weighted by Crippen LogP contribution is 2.40. The highest BCUT2D eigenvalue weighted by atomic mass is 32.2. The van der Waals surface area contributed by atoms with Crippen molar-refractivity contribution < 1.29 is 12.8 Å². The monoisotopic (exact) mass is 333 g/mol. The Bertz CT molecular complexity index is 785. The molecule has 1 aliphatic rings. The van der Waals surface area contributed by atoms with Gasteiger partial charge in [0.1, 0.15) is 5.82 Å². The maximum atomic E-state index is 13.2. The minimum Gasteiger partial charge on any atom is -0.207 e. The van der Waals surface area contributed by atoms with Crippen molar-refractivity contribution in [3.05, 3.63) is 65.5 Å². The fourth-order valence-corrected chi connectivity index (χ4v) is 5.06. The Kier molecular flexibility index (Phi) is 4.25. The van der Waals surface area contributed by atoms with Crippen molar-refractivity contribution >= 4 is 10.0 Å². The molecule has 0 bridgehead atoms. The van der Waals surface area contributed by atoms with Crippen LogP contribution in [0.2, 0.25) is 0 Å². The van der Waals surface area contributed by atoms with Gasteiger partial charge in [0.05, 0.1) is 10.9 Å². The third-order valence-corrected chi connectivity index (χ3v) is 6.49. The van der Waals surface area contributed by atoms with E-state index in [9.17, 15) is 12.8 Å². The van der Waals surface area contributed by atoms with E-state index in [2.05, 4.69) is 0 Å². The van der Waals surface area contributed by atoms with Crippen molar-refractivity contribution in [2.45, 2.75) is 43.7 Å². The number of nitrogens with zero attached hydrogens (tertiary/aromatic N) is 1. The van der Waals surface area contributed by atoms with Crippen LogP contribution >= 0.6 is 0 Å². The molecule has 0 unspecified atom stereocenters. The fraction of sp³-hybridized carbons (Fsp3) is 0.333. The lowest BCUT2D eigenvalue weighted by Gasteiger charge is -2.28. The molecule has 2 aromatic rings. The van der Waals surface area contributed by atoms with Gasteiger partial charge in [0.15, 0.2) is 0 Å². The molecule has 3 rings (SSSR count). The van der Waals surface area contributed by atoms with Gasteiger partial charge in [-0.3, -0.25) is 0 Å². The van der Waals surface area contributed by atoms with E-state index in [0.29, 0.717) is 4.90 Å². The molecule has 0 N–H and O–H groups in total. The molecule has 0 radical (unpaired) electrons. The second-order valence-corrected chi connectivity index (χ2v) is 7.98. The summed E-state index contributed by atoms with van der Waals surface area (Å²) in [6.45, 7) is 3.85. The van der Waals surface area contributed by atoms with E-state index in [0.717, 1.165) is 24.0 Å². The van der Waals surface area contributed by atoms with Crippen molar-refractivity contribution in [3.8, 4) is 0 Å². The van der Waals surface area contributed by atoms with Crippen molar-refractivity contribution in [2.24, 2.45) is 0 Å². The van der Waals surface area contributed by atoms with Gasteiger partial charge in [0.2, 0.25) is 10.0 Å². The number of benzene rings is 2. The molecule has 1 heterocycles. The number of aryl methyl sites for hydroxylation is 1. The van der Waals surface area contributed by atoms with E-state index in [4.69, 9.17) is 0 Å². The second-order valence-electron chi connectivity index (χ2n) is 6.14. The van der Waals surface area contributed by atoms with E-state index in [1.54, 1.807) is 40.7 Å². The number of hydrogen-bond donors (Lipinski definition) is 0. The predicted octanol–water partition coefficient (Wildman–Crippen LogP) is 4.05. The fourth-order valence-electron chi connectivity index (χ4n) is 3.20. The van der Waals surface area contributed by atoms with Crippen LogP contribution in [0, 0.1) is 12.7 Å². The van der Waals surface area contributed by atoms with Crippen LogP contribution in [0.15, 0.2) is 53.4 Å². The van der Waals surface area contributed by atoms with Crippen LogP contribution in [-0.4, -0.2) is 18.8 Å². The lowest BCUT2D eigenvalue weighted by molar-refractivity contribution is 0.340. The normalized spacial score (nSPS) is 22.4. The van der Waals surface area contributed by atoms with Gasteiger partial charge < -0.3 is 0 Å². The Morgan fingerprint density at radius 2 is 1.61 bits per heavy atom. The first kappa shape index (κ1) is 16.1. The summed E-state index contributed by atoms with van der Waals surface area (Å²) < 4.78 is 40.8. The van der Waals surface area contributed by atoms with Crippen molar-refractivity contribution in [3.63, 3.8) is 0 Å². The third kappa shape index (κ3) is 3.03. The molecule has 1 saturated heterocycles. The minimum absolute atomic E-state index is 0.0728. The predicted molar refractivity (Wildman–Crippen MR) is 88.0 cm³/mol. The number of sulfonamides is 1. The van der Waals surface area contributed by atoms with E-state index in [1.807, 2.05) is 13.8 Å². The van der Waals surface area contributed by atoms with Crippen LogP contribution in [-0.2, 0) is 10.0 Å². The summed E-state index contributed by atoms with van der Waals surface area (Å²) >= 11 is 0. The lowest BCUT2D eigenvalue weighted by atomic mass is 10.1. The summed E-state index contributed by atoms with van der Waals surface area (Å²) in [5, 5.41) is 0. The van der Waals surface area contributed by atoms with Crippen molar-refractivity contribution in [1.29, 1.82) is 0 Å². The first-order valence-electron chi connectivity index (χ1n) is 7.75. The minimum atomic E-state index is -3.57. The number of hydrogen-bond acceptors (Lipinski definition) is 2. The Morgan fingerprint density at radius 3 is 2.22 bits per heavy atom. The Labute approximate surface area is 136 Å². The Hall–Kier alpha value is -1.72. The molecular formula is C18H20FNO2S. The van der Waals surface area contributed by atoms with Crippen molar-refractivity contribution in [1.82, 2.24) is 4.31 Å². The van der Waals surface area contributed by atoms with Crippen molar-refractivity contribution in [2.75, 3.05) is 0 Å². The molecule has 0 amide bonds. The van der Waals surface area contributed by atoms with Gasteiger partial charge in [-0.1, -0.05) is 29.8 Å². The second kappa shape index (κ2) is 6.06. The molecule has 23 heavy (non-hydrogen) atoms. The molecule has 1 fully saturated rings. The van der Waals surface area contributed by atoms with Gasteiger partial charge >= 0.3 is 0 Å². The molecule has 0 aromatic heterocycles. The summed E-state index contributed by atoms with van der Waals surface area (Å²) in [5.41, 5.74) is 1.86. The zero-order valence-corrected chi connectivity index (χ0v) is 14.1. The van der Waals surface area contributed by atoms with E-state index >= 15 is 0 Å². The number of halogens is 1. The summed E-state index contributed by atoms with van der Waals surface area (Å²) in [7, 11) is -3.57. The Morgan fingerprint density at radius 1 is 1.00 bits per heavy atom. The average Bonchev–Trinajstić information content (AvgIpc) is 2.91. The molecule has 2 atom stereocenters. The summed E-state index contributed by atoms with van der Waals surface area (Å²) in [4.78, 5) is 0.309. The zero-order chi connectivity index (χ0) is 16.6. The van der Waals surface area contributed by atoms with Crippen LogP contribution in [0.25, 0.3) is 0 Å². The smallest absolute Gasteiger partial charge is 0.207 e. The molecule has 0 aliphatic carbocycles. The molecule has 3 nitrogen and oxygen atoms in total. The van der Waals surface area contributed by atoms with Crippen LogP contribution in [0.5, 0.6) is 0 Å². The highest BCUT2D eigenvalue weighted by molar-refractivity contribution is 7.89. The standard InChI is InChI=1S/C18H20FNO2S/c1-13-3-10-17(11-4-13)23(21,22)20-14(2)5-12-18(20)15-6-8-16(19)9-7-15/h3-4,6-11,14,18H,5,12H2,1-2H3/t14-,18-/m0/s1. The van der Waals surface area contributed by atoms with E-state index in [-0.39, 0.29) is 17.9 Å². The first-order valence-corrected chi connectivity index (χ1v) is 9.19. The zero-order valence-electron chi connectivity index (χ0n) is 13.2. The number of rotatable bonds is 3. The third-order valence-electron chi connectivity index (χ3n) is 4.45. The summed E-state index contributed by atoms with van der Waals surface area (Å²) in [6.07, 6.45) is 1.55. The summed E-state index contributed by atoms with van der Waals surface area (Å²) in [6, 6.07) is 12.7. The van der Waals surface area contributed by atoms with Crippen LogP contribution in [0.4, 0.5) is 4.39 Å². The Balaban J connectivity index is 2.00. The van der Waals surface area contributed by atoms with Crippen LogP contribution < -0.4 is 0 Å². The lowest BCUT2D eigenvalue weighted by Crippen LogP contribution is -2.35. The van der Waals surface area contributed by atoms with Gasteiger partial charge in [-0.15, -0.1) is 0 Å². The molecule has 5 heteroatoms. The van der Waals surface area contributed by atoms with E-state index in [1.165, 1.54) is 12.1 Å². The largest absolute Gasteiger partial charge is 0.243 e. The molecule has 1 aliphatic heterocycles. The quantitative estimate of drug-likeness (QED) is 0.850. The first-order chi connectivity index (χ1) is 10.9. The van der Waals surface area contributed by atoms with Crippen LogP contribution in [0.3, 0.4) is 0 Å². The summed E-state index contributed by atoms with van der Waals surface area (Å²) in [5.74, 6) is -0.312. The van der Waals surface area contributed by atoms with E-state index < -0.39 is 10.0 Å². The topological polar surface area (TPSA) is 37.4 Å². The highest BCUT2D eigenvalue weighted by Gasteiger charge is 2.40. The molecule has 0 spiro atoms. The van der Waals surface area contributed by atoms with Gasteiger partial charge in [-0.05, 0) is 56.5 Å². The average molecular weight is 333 g/mol. The SMILES string of the molecule is Cc1ccc(S(=O)(=O)N2[C@@H](C)CC[C@H]2c2ccc(F)cc2)cc1. The van der Waals surface area contributed by atoms with Gasteiger partial charge in [0.25, 0.3) is 0 Å². The van der Waals surface area contributed by atoms with Gasteiger partial charge in [-0.2, -0.15) is 4.31 Å². The van der Waals surface area contributed by atoms with Crippen LogP contribution in [0.1, 0.15) is 36.9 Å².